The zero-order valence-electron chi connectivity index (χ0n) is 15.9. The molecule has 6 nitrogen and oxygen atoms in total. The van der Waals surface area contributed by atoms with Crippen LogP contribution in [0.5, 0.6) is 0 Å². The van der Waals surface area contributed by atoms with Gasteiger partial charge in [-0.1, -0.05) is 19.9 Å². The van der Waals surface area contributed by atoms with Crippen LogP contribution in [0.1, 0.15) is 41.4 Å². The van der Waals surface area contributed by atoms with Gasteiger partial charge in [-0.25, -0.2) is 13.6 Å². The summed E-state index contributed by atoms with van der Waals surface area (Å²) in [6.07, 6.45) is 2.86. The highest BCUT2D eigenvalue weighted by molar-refractivity contribution is 5.91. The van der Waals surface area contributed by atoms with E-state index in [9.17, 15) is 28.6 Å². The lowest BCUT2D eigenvalue weighted by Gasteiger charge is -2.24. The molecule has 2 N–H and O–H groups in total. The molecule has 8 heteroatoms. The molecule has 0 fully saturated rings. The Morgan fingerprint density at radius 2 is 1.90 bits per heavy atom. The molecule has 2 heterocycles. The SMILES string of the molecule is CC(C)C(CO)n1cc(C(=O)O)c(=O)c2ncc(Cc3ccc(F)c(F)c3)cc21. The van der Waals surface area contributed by atoms with Crippen molar-refractivity contribution in [2.24, 2.45) is 5.92 Å². The van der Waals surface area contributed by atoms with Gasteiger partial charge in [0.05, 0.1) is 18.2 Å². The molecule has 0 radical (unpaired) electrons. The number of carboxylic acid groups (broad SMARTS) is 1. The number of pyridine rings is 2. The maximum Gasteiger partial charge on any atom is 0.341 e. The van der Waals surface area contributed by atoms with E-state index in [1.54, 1.807) is 10.6 Å². The van der Waals surface area contributed by atoms with E-state index in [1.165, 1.54) is 18.5 Å². The number of nitrogens with zero attached hydrogens (tertiary/aromatic N) is 2. The second kappa shape index (κ2) is 8.08. The van der Waals surface area contributed by atoms with Crippen LogP contribution in [0, 0.1) is 17.6 Å². The molecule has 2 aromatic heterocycles. The Morgan fingerprint density at radius 3 is 2.48 bits per heavy atom. The standard InChI is InChI=1S/C21H20F2N2O4/c1-11(2)18(10-26)25-9-14(21(28)29)20(27)19-17(25)7-13(8-24-19)5-12-3-4-15(22)16(23)6-12/h3-4,6-9,11,18,26H,5,10H2,1-2H3,(H,28,29). The Bertz CT molecular complexity index is 1140. The van der Waals surface area contributed by atoms with Crippen LogP contribution in [-0.2, 0) is 6.42 Å². The number of carboxylic acids is 1. The van der Waals surface area contributed by atoms with Crippen LogP contribution in [-0.4, -0.2) is 32.3 Å². The van der Waals surface area contributed by atoms with Crippen LogP contribution < -0.4 is 5.43 Å². The number of aliphatic hydroxyl groups is 1. The third kappa shape index (κ3) is 4.02. The molecule has 1 aromatic carbocycles. The molecule has 29 heavy (non-hydrogen) atoms. The first kappa shape index (κ1) is 20.6. The lowest BCUT2D eigenvalue weighted by Crippen LogP contribution is -2.26. The number of halogens is 2. The first-order valence-electron chi connectivity index (χ1n) is 9.04. The minimum Gasteiger partial charge on any atom is -0.477 e. The summed E-state index contributed by atoms with van der Waals surface area (Å²) in [4.78, 5) is 28.2. The summed E-state index contributed by atoms with van der Waals surface area (Å²) < 4.78 is 28.2. The van der Waals surface area contributed by atoms with E-state index in [1.807, 2.05) is 13.8 Å². The molecule has 0 amide bonds. The number of aromatic nitrogens is 2. The number of carbonyl (C=O) groups is 1. The molecule has 152 valence electrons. The number of aromatic carboxylic acids is 1. The van der Waals surface area contributed by atoms with Gasteiger partial charge in [0.25, 0.3) is 0 Å². The Hall–Kier alpha value is -3.13. The van der Waals surface area contributed by atoms with Gasteiger partial charge in [-0.2, -0.15) is 0 Å². The topological polar surface area (TPSA) is 92.4 Å². The quantitative estimate of drug-likeness (QED) is 0.661. The van der Waals surface area contributed by atoms with Crippen molar-refractivity contribution in [1.82, 2.24) is 9.55 Å². The third-order valence-electron chi connectivity index (χ3n) is 4.87. The summed E-state index contributed by atoms with van der Waals surface area (Å²) >= 11 is 0. The largest absolute Gasteiger partial charge is 0.477 e. The first-order chi connectivity index (χ1) is 13.7. The molecular weight excluding hydrogens is 382 g/mol. The summed E-state index contributed by atoms with van der Waals surface area (Å²) in [5.41, 5.74) is 0.329. The van der Waals surface area contributed by atoms with Gasteiger partial charge in [-0.3, -0.25) is 9.78 Å². The fraction of sp³-hybridized carbons (Fsp3) is 0.286. The van der Waals surface area contributed by atoms with E-state index in [2.05, 4.69) is 4.98 Å². The van der Waals surface area contributed by atoms with Gasteiger partial charge in [0.1, 0.15) is 11.1 Å². The highest BCUT2D eigenvalue weighted by Gasteiger charge is 2.22. The average molecular weight is 402 g/mol. The van der Waals surface area contributed by atoms with E-state index in [0.717, 1.165) is 12.1 Å². The molecule has 0 saturated heterocycles. The predicted molar refractivity (Wildman–Crippen MR) is 103 cm³/mol. The number of rotatable bonds is 6. The highest BCUT2D eigenvalue weighted by Crippen LogP contribution is 2.24. The molecule has 0 aliphatic rings. The summed E-state index contributed by atoms with van der Waals surface area (Å²) in [5, 5.41) is 19.2. The molecular formula is C21H20F2N2O4. The van der Waals surface area contributed by atoms with Crippen LogP contribution in [0.25, 0.3) is 11.0 Å². The molecule has 0 bridgehead atoms. The van der Waals surface area contributed by atoms with Crippen molar-refractivity contribution >= 4 is 17.0 Å². The number of aliphatic hydroxyl groups excluding tert-OH is 1. The fourth-order valence-electron chi connectivity index (χ4n) is 3.29. The Balaban J connectivity index is 2.19. The summed E-state index contributed by atoms with van der Waals surface area (Å²) in [6.45, 7) is 3.47. The number of hydrogen-bond donors (Lipinski definition) is 2. The Labute approximate surface area is 165 Å². The average Bonchev–Trinajstić information content (AvgIpc) is 2.66. The van der Waals surface area contributed by atoms with Crippen LogP contribution in [0.4, 0.5) is 8.78 Å². The minimum atomic E-state index is -1.38. The van der Waals surface area contributed by atoms with Gasteiger partial charge in [-0.05, 0) is 41.7 Å². The van der Waals surface area contributed by atoms with Crippen molar-refractivity contribution in [3.63, 3.8) is 0 Å². The van der Waals surface area contributed by atoms with Gasteiger partial charge < -0.3 is 14.8 Å². The van der Waals surface area contributed by atoms with Crippen LogP contribution >= 0.6 is 0 Å². The Kier molecular flexibility index (Phi) is 5.74. The maximum absolute atomic E-state index is 13.5. The van der Waals surface area contributed by atoms with Crippen molar-refractivity contribution in [2.45, 2.75) is 26.3 Å². The van der Waals surface area contributed by atoms with Gasteiger partial charge in [0.15, 0.2) is 11.6 Å². The second-order valence-corrected chi connectivity index (χ2v) is 7.21. The van der Waals surface area contributed by atoms with Gasteiger partial charge in [0, 0.05) is 12.4 Å². The molecule has 3 aromatic rings. The highest BCUT2D eigenvalue weighted by atomic mass is 19.2. The summed E-state index contributed by atoms with van der Waals surface area (Å²) in [7, 11) is 0. The molecule has 1 unspecified atom stereocenters. The second-order valence-electron chi connectivity index (χ2n) is 7.21. The Morgan fingerprint density at radius 1 is 1.17 bits per heavy atom. The third-order valence-corrected chi connectivity index (χ3v) is 4.87. The summed E-state index contributed by atoms with van der Waals surface area (Å²) in [5.74, 6) is -3.33. The van der Waals surface area contributed by atoms with Crippen molar-refractivity contribution in [3.05, 3.63) is 75.2 Å². The zero-order chi connectivity index (χ0) is 21.3. The van der Waals surface area contributed by atoms with Crippen LogP contribution in [0.3, 0.4) is 0 Å². The van der Waals surface area contributed by atoms with Crippen molar-refractivity contribution < 1.29 is 23.8 Å². The fourth-order valence-corrected chi connectivity index (χ4v) is 3.29. The van der Waals surface area contributed by atoms with Crippen LogP contribution in [0.15, 0.2) is 41.5 Å². The van der Waals surface area contributed by atoms with E-state index in [0.29, 0.717) is 16.6 Å². The van der Waals surface area contributed by atoms with Crippen LogP contribution in [0.2, 0.25) is 0 Å². The normalized spacial score (nSPS) is 12.5. The predicted octanol–water partition coefficient (Wildman–Crippen LogP) is 3.15. The van der Waals surface area contributed by atoms with E-state index >= 15 is 0 Å². The summed E-state index contributed by atoms with van der Waals surface area (Å²) in [6, 6.07) is 4.76. The molecule has 0 aliphatic carbocycles. The van der Waals surface area contributed by atoms with E-state index in [-0.39, 0.29) is 24.5 Å². The molecule has 1 atom stereocenters. The lowest BCUT2D eigenvalue weighted by atomic mass is 10.0. The smallest absolute Gasteiger partial charge is 0.341 e. The molecule has 0 spiro atoms. The van der Waals surface area contributed by atoms with Gasteiger partial charge in [-0.15, -0.1) is 0 Å². The van der Waals surface area contributed by atoms with E-state index in [4.69, 9.17) is 0 Å². The number of fused-ring (bicyclic) bond motifs is 1. The maximum atomic E-state index is 13.5. The number of benzene rings is 1. The van der Waals surface area contributed by atoms with Gasteiger partial charge >= 0.3 is 5.97 Å². The lowest BCUT2D eigenvalue weighted by molar-refractivity contribution is 0.0694. The molecule has 0 saturated carbocycles. The van der Waals surface area contributed by atoms with Gasteiger partial charge in [0.2, 0.25) is 5.43 Å². The van der Waals surface area contributed by atoms with Crippen molar-refractivity contribution in [1.29, 1.82) is 0 Å². The van der Waals surface area contributed by atoms with Crippen molar-refractivity contribution in [2.75, 3.05) is 6.61 Å². The monoisotopic (exact) mass is 402 g/mol. The number of hydrogen-bond acceptors (Lipinski definition) is 4. The molecule has 0 aliphatic heterocycles. The zero-order valence-corrected chi connectivity index (χ0v) is 15.9. The van der Waals surface area contributed by atoms with E-state index < -0.39 is 34.6 Å². The van der Waals surface area contributed by atoms with Crippen molar-refractivity contribution in [3.8, 4) is 0 Å². The molecule has 3 rings (SSSR count). The first-order valence-corrected chi connectivity index (χ1v) is 9.04. The minimum absolute atomic E-state index is 0.0296.